The van der Waals surface area contributed by atoms with Crippen LogP contribution in [-0.2, 0) is 9.59 Å². The van der Waals surface area contributed by atoms with Crippen molar-refractivity contribution in [1.82, 2.24) is 9.88 Å². The molecule has 1 heterocycles. The molecular formula is C22H23N3O2S. The van der Waals surface area contributed by atoms with Crippen LogP contribution in [0.1, 0.15) is 12.5 Å². The smallest absolute Gasteiger partial charge is 0.243 e. The van der Waals surface area contributed by atoms with Gasteiger partial charge in [-0.15, -0.1) is 0 Å². The van der Waals surface area contributed by atoms with Crippen LogP contribution in [-0.4, -0.2) is 40.5 Å². The molecule has 1 aromatic heterocycles. The maximum atomic E-state index is 12.6. The van der Waals surface area contributed by atoms with Gasteiger partial charge in [0.1, 0.15) is 0 Å². The number of rotatable bonds is 6. The van der Waals surface area contributed by atoms with Crippen molar-refractivity contribution >= 4 is 40.2 Å². The zero-order valence-electron chi connectivity index (χ0n) is 16.2. The number of carbonyl (C=O) groups excluding carboxylic acids is 2. The van der Waals surface area contributed by atoms with Crippen molar-refractivity contribution in [1.29, 1.82) is 0 Å². The number of fused-ring (bicyclic) bond motifs is 1. The van der Waals surface area contributed by atoms with Crippen molar-refractivity contribution in [3.05, 3.63) is 66.2 Å². The van der Waals surface area contributed by atoms with Crippen LogP contribution in [0.2, 0.25) is 0 Å². The Morgan fingerprint density at radius 2 is 1.79 bits per heavy atom. The second-order valence-electron chi connectivity index (χ2n) is 6.71. The Morgan fingerprint density at radius 3 is 2.54 bits per heavy atom. The van der Waals surface area contributed by atoms with Crippen LogP contribution in [0.15, 0.2) is 65.7 Å². The second kappa shape index (κ2) is 8.89. The van der Waals surface area contributed by atoms with Gasteiger partial charge in [-0.2, -0.15) is 0 Å². The molecule has 0 bridgehead atoms. The fourth-order valence-corrected chi connectivity index (χ4v) is 3.73. The Bertz CT molecular complexity index is 988. The summed E-state index contributed by atoms with van der Waals surface area (Å²) in [5, 5.41) is 4.32. The van der Waals surface area contributed by atoms with Crippen molar-refractivity contribution in [2.45, 2.75) is 24.1 Å². The highest BCUT2D eigenvalue weighted by Gasteiger charge is 2.21. The third kappa shape index (κ3) is 5.10. The molecule has 144 valence electrons. The number of hydrogen-bond acceptors (Lipinski definition) is 4. The largest absolute Gasteiger partial charge is 0.335 e. The highest BCUT2D eigenvalue weighted by Crippen LogP contribution is 2.24. The van der Waals surface area contributed by atoms with E-state index in [9.17, 15) is 9.59 Å². The molecule has 2 amide bonds. The number of para-hydroxylation sites is 1. The number of aryl methyl sites for hydroxylation is 1. The van der Waals surface area contributed by atoms with Crippen LogP contribution in [0, 0.1) is 6.92 Å². The number of amides is 2. The lowest BCUT2D eigenvalue weighted by Gasteiger charge is -2.20. The topological polar surface area (TPSA) is 62.3 Å². The zero-order valence-corrected chi connectivity index (χ0v) is 17.0. The van der Waals surface area contributed by atoms with Crippen LogP contribution < -0.4 is 5.32 Å². The van der Waals surface area contributed by atoms with Gasteiger partial charge in [0.2, 0.25) is 11.8 Å². The average Bonchev–Trinajstić information content (AvgIpc) is 2.69. The molecule has 0 saturated heterocycles. The molecule has 0 spiro atoms. The predicted molar refractivity (Wildman–Crippen MR) is 115 cm³/mol. The number of likely N-dealkylation sites (N-methyl/N-ethyl adjacent to an activating group) is 1. The SMILES string of the molecule is Cc1ccc(NC(=O)CN(C)C(=O)[C@@H](C)Sc2ccc3ccccc3n2)cc1. The molecule has 6 heteroatoms. The normalized spacial score (nSPS) is 11.8. The van der Waals surface area contributed by atoms with Crippen LogP contribution in [0.5, 0.6) is 0 Å². The standard InChI is InChI=1S/C22H23N3O2S/c1-15-8-11-18(12-9-15)23-20(26)14-25(3)22(27)16(2)28-21-13-10-17-6-4-5-7-19(17)24-21/h4-13,16H,14H2,1-3H3,(H,23,26)/t16-/m1/s1. The van der Waals surface area contributed by atoms with E-state index in [1.165, 1.54) is 16.7 Å². The molecule has 3 rings (SSSR count). The molecule has 0 saturated carbocycles. The minimum Gasteiger partial charge on any atom is -0.335 e. The molecule has 1 N–H and O–H groups in total. The van der Waals surface area contributed by atoms with E-state index in [-0.39, 0.29) is 23.6 Å². The number of carbonyl (C=O) groups is 2. The number of benzene rings is 2. The van der Waals surface area contributed by atoms with E-state index in [1.54, 1.807) is 7.05 Å². The van der Waals surface area contributed by atoms with Crippen LogP contribution in [0.4, 0.5) is 5.69 Å². The lowest BCUT2D eigenvalue weighted by molar-refractivity contribution is -0.132. The molecule has 5 nitrogen and oxygen atoms in total. The third-order valence-electron chi connectivity index (χ3n) is 4.31. The van der Waals surface area contributed by atoms with Crippen molar-refractivity contribution in [2.24, 2.45) is 0 Å². The Morgan fingerprint density at radius 1 is 1.07 bits per heavy atom. The highest BCUT2D eigenvalue weighted by molar-refractivity contribution is 8.00. The van der Waals surface area contributed by atoms with Crippen LogP contribution in [0.25, 0.3) is 10.9 Å². The summed E-state index contributed by atoms with van der Waals surface area (Å²) in [5.41, 5.74) is 2.75. The van der Waals surface area contributed by atoms with Gasteiger partial charge in [0.15, 0.2) is 0 Å². The number of nitrogens with one attached hydrogen (secondary N) is 1. The number of pyridine rings is 1. The maximum Gasteiger partial charge on any atom is 0.243 e. The van der Waals surface area contributed by atoms with Gasteiger partial charge in [-0.1, -0.05) is 53.7 Å². The number of thioether (sulfide) groups is 1. The van der Waals surface area contributed by atoms with E-state index in [2.05, 4.69) is 10.3 Å². The first-order chi connectivity index (χ1) is 13.4. The number of hydrogen-bond donors (Lipinski definition) is 1. The monoisotopic (exact) mass is 393 g/mol. The van der Waals surface area contributed by atoms with Crippen LogP contribution >= 0.6 is 11.8 Å². The molecule has 0 aliphatic rings. The molecule has 0 aliphatic carbocycles. The van der Waals surface area contributed by atoms with Crippen molar-refractivity contribution < 1.29 is 9.59 Å². The first-order valence-corrected chi connectivity index (χ1v) is 9.94. The van der Waals surface area contributed by atoms with Crippen molar-refractivity contribution in [3.8, 4) is 0 Å². The first kappa shape index (κ1) is 19.9. The molecule has 0 unspecified atom stereocenters. The van der Waals surface area contributed by atoms with Gasteiger partial charge in [-0.3, -0.25) is 9.59 Å². The molecule has 0 fully saturated rings. The average molecular weight is 394 g/mol. The lowest BCUT2D eigenvalue weighted by Crippen LogP contribution is -2.38. The lowest BCUT2D eigenvalue weighted by atomic mass is 10.2. The van der Waals surface area contributed by atoms with E-state index in [4.69, 9.17) is 0 Å². The number of aromatic nitrogens is 1. The van der Waals surface area contributed by atoms with Gasteiger partial charge in [0.25, 0.3) is 0 Å². The fraction of sp³-hybridized carbons (Fsp3) is 0.227. The summed E-state index contributed by atoms with van der Waals surface area (Å²) in [6.07, 6.45) is 0. The molecular weight excluding hydrogens is 370 g/mol. The summed E-state index contributed by atoms with van der Waals surface area (Å²) in [4.78, 5) is 30.9. The van der Waals surface area contributed by atoms with Gasteiger partial charge in [0, 0.05) is 18.1 Å². The minimum atomic E-state index is -0.342. The summed E-state index contributed by atoms with van der Waals surface area (Å²) in [5.74, 6) is -0.334. The van der Waals surface area contributed by atoms with Gasteiger partial charge >= 0.3 is 0 Å². The molecule has 28 heavy (non-hydrogen) atoms. The van der Waals surface area contributed by atoms with Gasteiger partial charge in [-0.25, -0.2) is 4.98 Å². The Balaban J connectivity index is 1.56. The predicted octanol–water partition coefficient (Wildman–Crippen LogP) is 4.12. The van der Waals surface area contributed by atoms with Gasteiger partial charge < -0.3 is 10.2 Å². The van der Waals surface area contributed by atoms with E-state index in [0.717, 1.165) is 27.2 Å². The highest BCUT2D eigenvalue weighted by atomic mass is 32.2. The Labute approximate surface area is 169 Å². The first-order valence-electron chi connectivity index (χ1n) is 9.06. The third-order valence-corrected chi connectivity index (χ3v) is 5.33. The number of anilines is 1. The van der Waals surface area contributed by atoms with E-state index < -0.39 is 0 Å². The maximum absolute atomic E-state index is 12.6. The fourth-order valence-electron chi connectivity index (χ4n) is 2.79. The quantitative estimate of drug-likeness (QED) is 0.640. The summed E-state index contributed by atoms with van der Waals surface area (Å²) in [6, 6.07) is 19.3. The number of nitrogens with zero attached hydrogens (tertiary/aromatic N) is 2. The van der Waals surface area contributed by atoms with Crippen molar-refractivity contribution in [2.75, 3.05) is 18.9 Å². The molecule has 2 aromatic carbocycles. The molecule has 0 radical (unpaired) electrons. The summed E-state index contributed by atoms with van der Waals surface area (Å²) >= 11 is 1.39. The van der Waals surface area contributed by atoms with E-state index in [1.807, 2.05) is 74.5 Å². The summed E-state index contributed by atoms with van der Waals surface area (Å²) in [6.45, 7) is 3.82. The Kier molecular flexibility index (Phi) is 6.31. The summed E-state index contributed by atoms with van der Waals surface area (Å²) in [7, 11) is 1.64. The van der Waals surface area contributed by atoms with Gasteiger partial charge in [-0.05, 0) is 38.1 Å². The van der Waals surface area contributed by atoms with Crippen LogP contribution in [0.3, 0.4) is 0 Å². The Hall–Kier alpha value is -2.86. The summed E-state index contributed by atoms with van der Waals surface area (Å²) < 4.78 is 0. The minimum absolute atomic E-state index is 0.00274. The second-order valence-corrected chi connectivity index (χ2v) is 8.07. The molecule has 1 atom stereocenters. The molecule has 0 aliphatic heterocycles. The zero-order chi connectivity index (χ0) is 20.1. The van der Waals surface area contributed by atoms with Gasteiger partial charge in [0.05, 0.1) is 22.3 Å². The molecule has 3 aromatic rings. The van der Waals surface area contributed by atoms with E-state index in [0.29, 0.717) is 0 Å². The van der Waals surface area contributed by atoms with E-state index >= 15 is 0 Å². The van der Waals surface area contributed by atoms with Crippen molar-refractivity contribution in [3.63, 3.8) is 0 Å².